The van der Waals surface area contributed by atoms with Gasteiger partial charge in [-0.05, 0) is 37.8 Å². The van der Waals surface area contributed by atoms with Gasteiger partial charge in [-0.25, -0.2) is 0 Å². The molecular formula is C11H17NO2. The summed E-state index contributed by atoms with van der Waals surface area (Å²) in [4.78, 5) is 0. The smallest absolute Gasteiger partial charge is 0.0947 e. The van der Waals surface area contributed by atoms with Gasteiger partial charge >= 0.3 is 0 Å². The van der Waals surface area contributed by atoms with Crippen molar-refractivity contribution in [2.24, 2.45) is 5.92 Å². The molecule has 3 nitrogen and oxygen atoms in total. The summed E-state index contributed by atoms with van der Waals surface area (Å²) in [5.41, 5.74) is 1.18. The van der Waals surface area contributed by atoms with E-state index in [0.717, 1.165) is 32.4 Å². The average molecular weight is 195 g/mol. The molecule has 1 aliphatic rings. The normalized spacial score (nSPS) is 26.9. The van der Waals surface area contributed by atoms with Gasteiger partial charge in [-0.2, -0.15) is 0 Å². The van der Waals surface area contributed by atoms with E-state index in [0.29, 0.717) is 5.92 Å². The molecule has 0 bridgehead atoms. The van der Waals surface area contributed by atoms with Gasteiger partial charge in [0.05, 0.1) is 18.6 Å². The number of aliphatic hydroxyl groups is 1. The zero-order valence-corrected chi connectivity index (χ0v) is 8.28. The van der Waals surface area contributed by atoms with E-state index < -0.39 is 0 Å². The van der Waals surface area contributed by atoms with Gasteiger partial charge in [0.15, 0.2) is 0 Å². The van der Waals surface area contributed by atoms with E-state index in [1.165, 1.54) is 5.56 Å². The zero-order valence-electron chi connectivity index (χ0n) is 8.28. The fourth-order valence-electron chi connectivity index (χ4n) is 2.05. The molecule has 1 fully saturated rings. The molecule has 1 heterocycles. The molecular weight excluding hydrogens is 178 g/mol. The van der Waals surface area contributed by atoms with Gasteiger partial charge < -0.3 is 14.8 Å². The van der Waals surface area contributed by atoms with Crippen LogP contribution in [0.3, 0.4) is 0 Å². The largest absolute Gasteiger partial charge is 0.472 e. The van der Waals surface area contributed by atoms with E-state index in [9.17, 15) is 5.11 Å². The van der Waals surface area contributed by atoms with E-state index >= 15 is 0 Å². The van der Waals surface area contributed by atoms with Crippen molar-refractivity contribution in [2.75, 3.05) is 6.54 Å². The molecule has 2 N–H and O–H groups in total. The van der Waals surface area contributed by atoms with Crippen LogP contribution in [-0.2, 0) is 6.54 Å². The number of aliphatic hydroxyl groups excluding tert-OH is 1. The Morgan fingerprint density at radius 1 is 1.50 bits per heavy atom. The average Bonchev–Trinajstić information content (AvgIpc) is 2.77. The third-order valence-corrected chi connectivity index (χ3v) is 2.86. The van der Waals surface area contributed by atoms with Crippen LogP contribution >= 0.6 is 0 Å². The second kappa shape index (κ2) is 4.62. The van der Waals surface area contributed by atoms with Crippen molar-refractivity contribution >= 4 is 0 Å². The van der Waals surface area contributed by atoms with Crippen LogP contribution in [0.1, 0.15) is 24.8 Å². The Kier molecular flexibility index (Phi) is 3.22. The molecule has 2 unspecified atom stereocenters. The van der Waals surface area contributed by atoms with Gasteiger partial charge in [0, 0.05) is 12.1 Å². The highest BCUT2D eigenvalue weighted by atomic mass is 16.3. The molecule has 1 aliphatic carbocycles. The first-order chi connectivity index (χ1) is 6.84. The monoisotopic (exact) mass is 195 g/mol. The van der Waals surface area contributed by atoms with Crippen LogP contribution in [0.5, 0.6) is 0 Å². The molecule has 0 saturated heterocycles. The fraction of sp³-hybridized carbons (Fsp3) is 0.636. The number of rotatable bonds is 4. The van der Waals surface area contributed by atoms with Gasteiger partial charge in [-0.15, -0.1) is 0 Å². The molecule has 2 atom stereocenters. The molecule has 78 valence electrons. The van der Waals surface area contributed by atoms with Crippen LogP contribution in [0.25, 0.3) is 0 Å². The number of nitrogens with one attached hydrogen (secondary N) is 1. The second-order valence-corrected chi connectivity index (χ2v) is 4.10. The van der Waals surface area contributed by atoms with Crippen LogP contribution < -0.4 is 5.32 Å². The lowest BCUT2D eigenvalue weighted by molar-refractivity contribution is 0.177. The van der Waals surface area contributed by atoms with Gasteiger partial charge in [0.2, 0.25) is 0 Å². The molecule has 1 aromatic heterocycles. The molecule has 0 aliphatic heterocycles. The van der Waals surface area contributed by atoms with Crippen LogP contribution in [0.2, 0.25) is 0 Å². The van der Waals surface area contributed by atoms with Crippen molar-refractivity contribution in [3.8, 4) is 0 Å². The van der Waals surface area contributed by atoms with Gasteiger partial charge in [-0.1, -0.05) is 0 Å². The number of hydrogen-bond donors (Lipinski definition) is 2. The minimum absolute atomic E-state index is 0.0595. The predicted octanol–water partition coefficient (Wildman–Crippen LogP) is 1.53. The fourth-order valence-corrected chi connectivity index (χ4v) is 2.05. The Bertz CT molecular complexity index is 258. The van der Waals surface area contributed by atoms with E-state index in [4.69, 9.17) is 4.42 Å². The number of furan rings is 1. The van der Waals surface area contributed by atoms with Crippen molar-refractivity contribution in [2.45, 2.75) is 31.9 Å². The predicted molar refractivity (Wildman–Crippen MR) is 53.8 cm³/mol. The van der Waals surface area contributed by atoms with Crippen molar-refractivity contribution in [3.63, 3.8) is 0 Å². The third kappa shape index (κ3) is 2.59. The molecule has 0 amide bonds. The Hall–Kier alpha value is -0.800. The molecule has 1 saturated carbocycles. The summed E-state index contributed by atoms with van der Waals surface area (Å²) in [7, 11) is 0. The molecule has 0 radical (unpaired) electrons. The summed E-state index contributed by atoms with van der Waals surface area (Å²) in [6.07, 6.45) is 6.47. The van der Waals surface area contributed by atoms with Crippen LogP contribution in [0.4, 0.5) is 0 Å². The van der Waals surface area contributed by atoms with E-state index in [2.05, 4.69) is 5.32 Å². The first-order valence-corrected chi connectivity index (χ1v) is 5.24. The summed E-state index contributed by atoms with van der Waals surface area (Å²) in [5.74, 6) is 0.650. The highest BCUT2D eigenvalue weighted by Crippen LogP contribution is 2.24. The Morgan fingerprint density at radius 3 is 3.07 bits per heavy atom. The molecule has 2 rings (SSSR count). The maximum Gasteiger partial charge on any atom is 0.0947 e. The maximum absolute atomic E-state index is 9.34. The standard InChI is InChI=1S/C11H17NO2/c13-11-2-1-9(5-11)6-12-7-10-3-4-14-8-10/h3-4,8-9,11-13H,1-2,5-7H2. The summed E-state index contributed by atoms with van der Waals surface area (Å²) in [6.45, 7) is 1.87. The first-order valence-electron chi connectivity index (χ1n) is 5.24. The van der Waals surface area contributed by atoms with Crippen molar-refractivity contribution < 1.29 is 9.52 Å². The topological polar surface area (TPSA) is 45.4 Å². The van der Waals surface area contributed by atoms with Crippen LogP contribution in [-0.4, -0.2) is 17.8 Å². The molecule has 0 spiro atoms. The Balaban J connectivity index is 1.64. The summed E-state index contributed by atoms with van der Waals surface area (Å²) in [6, 6.07) is 1.97. The van der Waals surface area contributed by atoms with Gasteiger partial charge in [0.1, 0.15) is 0 Å². The van der Waals surface area contributed by atoms with E-state index in [1.807, 2.05) is 6.07 Å². The van der Waals surface area contributed by atoms with E-state index in [-0.39, 0.29) is 6.10 Å². The molecule has 14 heavy (non-hydrogen) atoms. The van der Waals surface area contributed by atoms with E-state index in [1.54, 1.807) is 12.5 Å². The van der Waals surface area contributed by atoms with Crippen LogP contribution in [0.15, 0.2) is 23.0 Å². The minimum Gasteiger partial charge on any atom is -0.472 e. The molecule has 1 aromatic rings. The SMILES string of the molecule is OC1CCC(CNCc2ccoc2)C1. The summed E-state index contributed by atoms with van der Waals surface area (Å²) < 4.78 is 4.97. The third-order valence-electron chi connectivity index (χ3n) is 2.86. The van der Waals surface area contributed by atoms with Crippen LogP contribution in [0, 0.1) is 5.92 Å². The van der Waals surface area contributed by atoms with Gasteiger partial charge in [-0.3, -0.25) is 0 Å². The second-order valence-electron chi connectivity index (χ2n) is 4.10. The van der Waals surface area contributed by atoms with Crippen molar-refractivity contribution in [1.82, 2.24) is 5.32 Å². The lowest BCUT2D eigenvalue weighted by Crippen LogP contribution is -2.21. The maximum atomic E-state index is 9.34. The lowest BCUT2D eigenvalue weighted by Gasteiger charge is -2.09. The lowest BCUT2D eigenvalue weighted by atomic mass is 10.1. The molecule has 0 aromatic carbocycles. The van der Waals surface area contributed by atoms with Gasteiger partial charge in [0.25, 0.3) is 0 Å². The number of hydrogen-bond acceptors (Lipinski definition) is 3. The summed E-state index contributed by atoms with van der Waals surface area (Å²) in [5, 5.41) is 12.7. The Morgan fingerprint density at radius 2 is 2.43 bits per heavy atom. The highest BCUT2D eigenvalue weighted by Gasteiger charge is 2.21. The quantitative estimate of drug-likeness (QED) is 0.765. The molecule has 3 heteroatoms. The van der Waals surface area contributed by atoms with Crippen molar-refractivity contribution in [1.29, 1.82) is 0 Å². The highest BCUT2D eigenvalue weighted by molar-refractivity contribution is 5.04. The summed E-state index contributed by atoms with van der Waals surface area (Å²) >= 11 is 0. The first kappa shape index (κ1) is 9.74. The Labute approximate surface area is 84.1 Å². The zero-order chi connectivity index (χ0) is 9.80. The minimum atomic E-state index is -0.0595. The van der Waals surface area contributed by atoms with Crippen molar-refractivity contribution in [3.05, 3.63) is 24.2 Å².